The van der Waals surface area contributed by atoms with Gasteiger partial charge < -0.3 is 0 Å². The molecule has 0 bridgehead atoms. The lowest BCUT2D eigenvalue weighted by Crippen LogP contribution is -2.31. The molecule has 1 heterocycles. The van der Waals surface area contributed by atoms with Gasteiger partial charge in [-0.15, -0.1) is 11.6 Å². The molecule has 1 N–H and O–H groups in total. The van der Waals surface area contributed by atoms with Crippen molar-refractivity contribution in [3.05, 3.63) is 24.1 Å². The van der Waals surface area contributed by atoms with Crippen LogP contribution in [0.1, 0.15) is 19.3 Å². The van der Waals surface area contributed by atoms with Gasteiger partial charge in [-0.25, -0.2) is 22.5 Å². The van der Waals surface area contributed by atoms with Gasteiger partial charge in [-0.1, -0.05) is 0 Å². The number of rotatable bonds is 6. The summed E-state index contributed by atoms with van der Waals surface area (Å²) in [5.41, 5.74) is -0.0416. The third kappa shape index (κ3) is 2.99. The second-order valence-corrected chi connectivity index (χ2v) is 6.61. The molecular weight excluding hydrogens is 279 g/mol. The Morgan fingerprint density at radius 1 is 1.50 bits per heavy atom. The summed E-state index contributed by atoms with van der Waals surface area (Å²) in [5.74, 6) is -0.341. The maximum atomic E-state index is 13.4. The molecule has 1 aromatic rings. The van der Waals surface area contributed by atoms with Crippen molar-refractivity contribution in [3.8, 4) is 0 Å². The maximum Gasteiger partial charge on any atom is 0.261 e. The Morgan fingerprint density at radius 2 is 2.22 bits per heavy atom. The number of aromatic nitrogens is 1. The highest BCUT2D eigenvalue weighted by atomic mass is 35.5. The number of hydrogen-bond donors (Lipinski definition) is 1. The fraction of sp³-hybridized carbons (Fsp3) is 0.545. The third-order valence-corrected chi connectivity index (χ3v) is 4.72. The van der Waals surface area contributed by atoms with E-state index in [1.807, 2.05) is 0 Å². The molecule has 1 aliphatic carbocycles. The maximum absolute atomic E-state index is 13.4. The fourth-order valence-electron chi connectivity index (χ4n) is 1.78. The Balaban J connectivity index is 2.07. The zero-order valence-corrected chi connectivity index (χ0v) is 11.3. The predicted octanol–water partition coefficient (Wildman–Crippen LogP) is 1.91. The molecule has 1 saturated carbocycles. The summed E-state index contributed by atoms with van der Waals surface area (Å²) < 4.78 is 39.6. The number of alkyl halides is 1. The lowest BCUT2D eigenvalue weighted by Gasteiger charge is -2.14. The van der Waals surface area contributed by atoms with E-state index in [1.165, 1.54) is 12.3 Å². The highest BCUT2D eigenvalue weighted by molar-refractivity contribution is 7.89. The van der Waals surface area contributed by atoms with Crippen LogP contribution in [0.4, 0.5) is 4.39 Å². The number of pyridine rings is 1. The molecule has 1 aliphatic rings. The van der Waals surface area contributed by atoms with Crippen molar-refractivity contribution in [1.29, 1.82) is 0 Å². The van der Waals surface area contributed by atoms with Crippen molar-refractivity contribution >= 4 is 21.6 Å². The van der Waals surface area contributed by atoms with Gasteiger partial charge in [0.2, 0.25) is 5.03 Å². The molecule has 7 heteroatoms. The quantitative estimate of drug-likeness (QED) is 0.815. The second kappa shape index (κ2) is 5.11. The van der Waals surface area contributed by atoms with Crippen LogP contribution in [0.5, 0.6) is 0 Å². The molecule has 0 amide bonds. The van der Waals surface area contributed by atoms with Crippen LogP contribution >= 0.6 is 11.6 Å². The van der Waals surface area contributed by atoms with Crippen molar-refractivity contribution in [3.63, 3.8) is 0 Å². The second-order valence-electron chi connectivity index (χ2n) is 4.55. The largest absolute Gasteiger partial charge is 0.261 e. The van der Waals surface area contributed by atoms with E-state index in [0.717, 1.165) is 25.3 Å². The SMILES string of the molecule is O=S(=O)(NCC1(CCCl)CC1)c1ncccc1F. The standard InChI is InChI=1S/C11H14ClFN2O2S/c12-6-5-11(3-4-11)8-15-18(16,17)10-9(13)2-1-7-14-10/h1-2,7,15H,3-6,8H2. The smallest absolute Gasteiger partial charge is 0.241 e. The highest BCUT2D eigenvalue weighted by Gasteiger charge is 2.42. The average molecular weight is 293 g/mol. The number of nitrogens with one attached hydrogen (secondary N) is 1. The summed E-state index contributed by atoms with van der Waals surface area (Å²) in [6, 6.07) is 2.43. The zero-order valence-electron chi connectivity index (χ0n) is 9.70. The minimum absolute atomic E-state index is 0.0416. The van der Waals surface area contributed by atoms with Crippen LogP contribution in [-0.2, 0) is 10.0 Å². The summed E-state index contributed by atoms with van der Waals surface area (Å²) in [5, 5.41) is -0.549. The van der Waals surface area contributed by atoms with E-state index in [1.54, 1.807) is 0 Å². The molecular formula is C11H14ClFN2O2S. The summed E-state index contributed by atoms with van der Waals surface area (Å²) in [4.78, 5) is 3.57. The fourth-order valence-corrected chi connectivity index (χ4v) is 3.34. The summed E-state index contributed by atoms with van der Waals surface area (Å²) in [7, 11) is -3.88. The Morgan fingerprint density at radius 3 is 2.78 bits per heavy atom. The van der Waals surface area contributed by atoms with E-state index < -0.39 is 20.9 Å². The first-order valence-electron chi connectivity index (χ1n) is 5.65. The van der Waals surface area contributed by atoms with Crippen LogP contribution in [-0.4, -0.2) is 25.8 Å². The first-order chi connectivity index (χ1) is 8.49. The molecule has 100 valence electrons. The molecule has 0 aromatic carbocycles. The minimum Gasteiger partial charge on any atom is -0.241 e. The number of nitrogens with zero attached hydrogens (tertiary/aromatic N) is 1. The van der Waals surface area contributed by atoms with Gasteiger partial charge in [-0.3, -0.25) is 0 Å². The predicted molar refractivity (Wildman–Crippen MR) is 66.4 cm³/mol. The molecule has 4 nitrogen and oxygen atoms in total. The Labute approximate surface area is 111 Å². The van der Waals surface area contributed by atoms with Crippen molar-refractivity contribution < 1.29 is 12.8 Å². The van der Waals surface area contributed by atoms with Gasteiger partial charge in [0, 0.05) is 18.6 Å². The Hall–Kier alpha value is -0.720. The first-order valence-corrected chi connectivity index (χ1v) is 7.67. The van der Waals surface area contributed by atoms with E-state index in [9.17, 15) is 12.8 Å². The minimum atomic E-state index is -3.88. The van der Waals surface area contributed by atoms with Gasteiger partial charge in [0.1, 0.15) is 0 Å². The van der Waals surface area contributed by atoms with Crippen molar-refractivity contribution in [2.75, 3.05) is 12.4 Å². The number of hydrogen-bond acceptors (Lipinski definition) is 3. The Kier molecular flexibility index (Phi) is 3.89. The van der Waals surface area contributed by atoms with Gasteiger partial charge in [0.05, 0.1) is 0 Å². The van der Waals surface area contributed by atoms with Crippen molar-refractivity contribution in [2.45, 2.75) is 24.3 Å². The van der Waals surface area contributed by atoms with Crippen LogP contribution in [0.25, 0.3) is 0 Å². The van der Waals surface area contributed by atoms with Gasteiger partial charge in [0.15, 0.2) is 5.82 Å². The molecule has 0 radical (unpaired) electrons. The Bertz CT molecular complexity index is 532. The highest BCUT2D eigenvalue weighted by Crippen LogP contribution is 2.48. The summed E-state index contributed by atoms with van der Waals surface area (Å²) in [6.45, 7) is 0.290. The molecule has 0 atom stereocenters. The van der Waals surface area contributed by atoms with Gasteiger partial charge in [-0.05, 0) is 36.8 Å². The van der Waals surface area contributed by atoms with Crippen LogP contribution in [0.15, 0.2) is 23.4 Å². The van der Waals surface area contributed by atoms with E-state index in [2.05, 4.69) is 9.71 Å². The molecule has 18 heavy (non-hydrogen) atoms. The van der Waals surface area contributed by atoms with Crippen molar-refractivity contribution in [2.24, 2.45) is 5.41 Å². The molecule has 0 saturated heterocycles. The lowest BCUT2D eigenvalue weighted by atomic mass is 10.1. The number of halogens is 2. The van der Waals surface area contributed by atoms with Gasteiger partial charge in [0.25, 0.3) is 10.0 Å². The lowest BCUT2D eigenvalue weighted by molar-refractivity contribution is 0.474. The van der Waals surface area contributed by atoms with E-state index in [-0.39, 0.29) is 12.0 Å². The van der Waals surface area contributed by atoms with Crippen LogP contribution < -0.4 is 4.72 Å². The molecule has 1 fully saturated rings. The van der Waals surface area contributed by atoms with E-state index in [0.29, 0.717) is 5.88 Å². The monoisotopic (exact) mass is 292 g/mol. The van der Waals surface area contributed by atoms with Crippen molar-refractivity contribution in [1.82, 2.24) is 9.71 Å². The molecule has 0 spiro atoms. The molecule has 1 aromatic heterocycles. The van der Waals surface area contributed by atoms with Crippen LogP contribution in [0, 0.1) is 11.2 Å². The van der Waals surface area contributed by atoms with Crippen LogP contribution in [0.3, 0.4) is 0 Å². The molecule has 0 aliphatic heterocycles. The summed E-state index contributed by atoms with van der Waals surface area (Å²) in [6.07, 6.45) is 3.92. The first kappa shape index (κ1) is 13.7. The third-order valence-electron chi connectivity index (χ3n) is 3.20. The summed E-state index contributed by atoms with van der Waals surface area (Å²) >= 11 is 5.67. The van der Waals surface area contributed by atoms with E-state index >= 15 is 0 Å². The molecule has 2 rings (SSSR count). The normalized spacial score (nSPS) is 17.7. The topological polar surface area (TPSA) is 59.1 Å². The number of sulfonamides is 1. The zero-order chi connectivity index (χ0) is 13.2. The molecule has 0 unspecified atom stereocenters. The van der Waals surface area contributed by atoms with Gasteiger partial charge >= 0.3 is 0 Å². The van der Waals surface area contributed by atoms with Gasteiger partial charge in [-0.2, -0.15) is 0 Å². The van der Waals surface area contributed by atoms with E-state index in [4.69, 9.17) is 11.6 Å². The van der Waals surface area contributed by atoms with Crippen LogP contribution in [0.2, 0.25) is 0 Å². The average Bonchev–Trinajstić information content (AvgIpc) is 3.08.